The molecule has 1 heterocycles. The van der Waals surface area contributed by atoms with Crippen molar-refractivity contribution in [3.05, 3.63) is 65.0 Å². The molecule has 0 saturated heterocycles. The summed E-state index contributed by atoms with van der Waals surface area (Å²) in [5.41, 5.74) is 5.40. The average molecular weight is 298 g/mol. The third kappa shape index (κ3) is 2.93. The van der Waals surface area contributed by atoms with Crippen LogP contribution in [-0.2, 0) is 6.42 Å². The normalized spacial score (nSPS) is 12.5. The standard InChI is InChI=1S/C17H18N2OS/c1-20-14-6-2-4-12(10-14)11-16(19-18)15-7-3-5-13-8-9-21-17(13)15/h2-10,16,19H,11,18H2,1H3. The number of hydrogen-bond donors (Lipinski definition) is 2. The van der Waals surface area contributed by atoms with Gasteiger partial charge in [0.05, 0.1) is 13.2 Å². The summed E-state index contributed by atoms with van der Waals surface area (Å²) in [4.78, 5) is 0. The molecule has 4 heteroatoms. The summed E-state index contributed by atoms with van der Waals surface area (Å²) >= 11 is 1.76. The molecule has 3 rings (SSSR count). The van der Waals surface area contributed by atoms with Gasteiger partial charge in [0.1, 0.15) is 5.75 Å². The number of nitrogens with two attached hydrogens (primary N) is 1. The smallest absolute Gasteiger partial charge is 0.119 e. The minimum absolute atomic E-state index is 0.0828. The van der Waals surface area contributed by atoms with E-state index >= 15 is 0 Å². The van der Waals surface area contributed by atoms with Gasteiger partial charge in [-0.2, -0.15) is 0 Å². The number of rotatable bonds is 5. The Morgan fingerprint density at radius 3 is 2.86 bits per heavy atom. The summed E-state index contributed by atoms with van der Waals surface area (Å²) in [5, 5.41) is 3.39. The molecule has 108 valence electrons. The molecule has 0 amide bonds. The van der Waals surface area contributed by atoms with Gasteiger partial charge in [-0.1, -0.05) is 30.3 Å². The quantitative estimate of drug-likeness (QED) is 0.558. The van der Waals surface area contributed by atoms with Crippen LogP contribution in [0.25, 0.3) is 10.1 Å². The second-order valence-electron chi connectivity index (χ2n) is 4.96. The van der Waals surface area contributed by atoms with Crippen molar-refractivity contribution in [1.82, 2.24) is 5.43 Å². The van der Waals surface area contributed by atoms with Crippen LogP contribution < -0.4 is 16.0 Å². The van der Waals surface area contributed by atoms with Crippen LogP contribution in [0.5, 0.6) is 5.75 Å². The van der Waals surface area contributed by atoms with Crippen LogP contribution in [0.4, 0.5) is 0 Å². The van der Waals surface area contributed by atoms with Crippen LogP contribution in [0.3, 0.4) is 0 Å². The number of hydrogen-bond acceptors (Lipinski definition) is 4. The molecular formula is C17H18N2OS. The van der Waals surface area contributed by atoms with Gasteiger partial charge in [0.15, 0.2) is 0 Å². The largest absolute Gasteiger partial charge is 0.497 e. The lowest BCUT2D eigenvalue weighted by atomic mass is 9.98. The van der Waals surface area contributed by atoms with E-state index in [4.69, 9.17) is 10.6 Å². The highest BCUT2D eigenvalue weighted by atomic mass is 32.1. The van der Waals surface area contributed by atoms with Crippen LogP contribution in [-0.4, -0.2) is 7.11 Å². The third-order valence-electron chi connectivity index (χ3n) is 3.66. The predicted octanol–water partition coefficient (Wildman–Crippen LogP) is 3.66. The van der Waals surface area contributed by atoms with E-state index in [2.05, 4.69) is 47.2 Å². The van der Waals surface area contributed by atoms with E-state index in [9.17, 15) is 0 Å². The minimum atomic E-state index is 0.0828. The van der Waals surface area contributed by atoms with Crippen LogP contribution >= 0.6 is 11.3 Å². The van der Waals surface area contributed by atoms with Gasteiger partial charge in [-0.15, -0.1) is 11.3 Å². The molecule has 1 aromatic heterocycles. The fraction of sp³-hybridized carbons (Fsp3) is 0.176. The van der Waals surface area contributed by atoms with E-state index in [0.717, 1.165) is 12.2 Å². The first-order valence-corrected chi connectivity index (χ1v) is 7.75. The second kappa shape index (κ2) is 6.26. The van der Waals surface area contributed by atoms with Gasteiger partial charge in [0.2, 0.25) is 0 Å². The summed E-state index contributed by atoms with van der Waals surface area (Å²) in [5.74, 6) is 6.68. The van der Waals surface area contributed by atoms with E-state index in [1.54, 1.807) is 18.4 Å². The molecule has 0 saturated carbocycles. The van der Waals surface area contributed by atoms with E-state index in [0.29, 0.717) is 0 Å². The molecule has 3 aromatic rings. The van der Waals surface area contributed by atoms with Gasteiger partial charge in [-0.05, 0) is 46.5 Å². The second-order valence-corrected chi connectivity index (χ2v) is 5.88. The lowest BCUT2D eigenvalue weighted by Gasteiger charge is -2.17. The van der Waals surface area contributed by atoms with Crippen molar-refractivity contribution in [2.24, 2.45) is 5.84 Å². The zero-order valence-electron chi connectivity index (χ0n) is 11.9. The molecule has 3 N–H and O–H groups in total. The fourth-order valence-corrected chi connectivity index (χ4v) is 3.55. The van der Waals surface area contributed by atoms with Crippen molar-refractivity contribution in [3.8, 4) is 5.75 Å². The Hall–Kier alpha value is -1.88. The highest BCUT2D eigenvalue weighted by molar-refractivity contribution is 7.17. The molecule has 2 aromatic carbocycles. The molecule has 0 fully saturated rings. The number of benzene rings is 2. The van der Waals surface area contributed by atoms with Crippen LogP contribution in [0.1, 0.15) is 17.2 Å². The Kier molecular flexibility index (Phi) is 4.20. The number of nitrogens with one attached hydrogen (secondary N) is 1. The lowest BCUT2D eigenvalue weighted by molar-refractivity contribution is 0.414. The van der Waals surface area contributed by atoms with E-state index < -0.39 is 0 Å². The molecular weight excluding hydrogens is 280 g/mol. The van der Waals surface area contributed by atoms with Crippen LogP contribution in [0, 0.1) is 0 Å². The molecule has 0 bridgehead atoms. The van der Waals surface area contributed by atoms with Crippen molar-refractivity contribution in [2.45, 2.75) is 12.5 Å². The Labute approximate surface area is 128 Å². The maximum absolute atomic E-state index is 5.81. The first kappa shape index (κ1) is 14.1. The summed E-state index contributed by atoms with van der Waals surface area (Å²) in [7, 11) is 1.68. The van der Waals surface area contributed by atoms with Gasteiger partial charge in [0, 0.05) is 4.70 Å². The molecule has 1 unspecified atom stereocenters. The molecule has 0 radical (unpaired) electrons. The summed E-state index contributed by atoms with van der Waals surface area (Å²) in [6.45, 7) is 0. The molecule has 0 aliphatic carbocycles. The van der Waals surface area contributed by atoms with Gasteiger partial charge in [0.25, 0.3) is 0 Å². The van der Waals surface area contributed by atoms with Crippen molar-refractivity contribution in [1.29, 1.82) is 0 Å². The van der Waals surface area contributed by atoms with E-state index in [-0.39, 0.29) is 6.04 Å². The number of fused-ring (bicyclic) bond motifs is 1. The Morgan fingerprint density at radius 2 is 2.05 bits per heavy atom. The van der Waals surface area contributed by atoms with Gasteiger partial charge < -0.3 is 4.74 Å². The molecule has 3 nitrogen and oxygen atoms in total. The van der Waals surface area contributed by atoms with Crippen molar-refractivity contribution in [3.63, 3.8) is 0 Å². The summed E-state index contributed by atoms with van der Waals surface area (Å²) < 4.78 is 6.58. The predicted molar refractivity (Wildman–Crippen MR) is 88.6 cm³/mol. The van der Waals surface area contributed by atoms with E-state index in [1.165, 1.54) is 21.2 Å². The highest BCUT2D eigenvalue weighted by Gasteiger charge is 2.14. The first-order valence-electron chi connectivity index (χ1n) is 6.87. The maximum Gasteiger partial charge on any atom is 0.119 e. The first-order chi connectivity index (χ1) is 10.3. The van der Waals surface area contributed by atoms with Crippen LogP contribution in [0.15, 0.2) is 53.9 Å². The monoisotopic (exact) mass is 298 g/mol. The highest BCUT2D eigenvalue weighted by Crippen LogP contribution is 2.30. The van der Waals surface area contributed by atoms with E-state index in [1.807, 2.05) is 12.1 Å². The molecule has 0 spiro atoms. The Bertz CT molecular complexity index is 738. The topological polar surface area (TPSA) is 47.3 Å². The molecule has 0 aliphatic rings. The number of methoxy groups -OCH3 is 1. The zero-order chi connectivity index (χ0) is 14.7. The Balaban J connectivity index is 1.93. The van der Waals surface area contributed by atoms with Gasteiger partial charge >= 0.3 is 0 Å². The third-order valence-corrected chi connectivity index (χ3v) is 4.64. The van der Waals surface area contributed by atoms with Gasteiger partial charge in [-0.3, -0.25) is 11.3 Å². The summed E-state index contributed by atoms with van der Waals surface area (Å²) in [6, 6.07) is 16.7. The van der Waals surface area contributed by atoms with Crippen LogP contribution in [0.2, 0.25) is 0 Å². The van der Waals surface area contributed by atoms with Crippen molar-refractivity contribution in [2.75, 3.05) is 7.11 Å². The zero-order valence-corrected chi connectivity index (χ0v) is 12.7. The molecule has 1 atom stereocenters. The minimum Gasteiger partial charge on any atom is -0.497 e. The number of thiophene rings is 1. The number of ether oxygens (including phenoxy) is 1. The summed E-state index contributed by atoms with van der Waals surface area (Å²) in [6.07, 6.45) is 0.824. The fourth-order valence-electron chi connectivity index (χ4n) is 2.58. The van der Waals surface area contributed by atoms with Crippen molar-refractivity contribution >= 4 is 21.4 Å². The van der Waals surface area contributed by atoms with Crippen molar-refractivity contribution < 1.29 is 4.74 Å². The molecule has 0 aliphatic heterocycles. The number of hydrazine groups is 1. The molecule has 21 heavy (non-hydrogen) atoms. The average Bonchev–Trinajstić information content (AvgIpc) is 3.01. The SMILES string of the molecule is COc1cccc(CC(NN)c2cccc3ccsc23)c1. The lowest BCUT2D eigenvalue weighted by Crippen LogP contribution is -2.29. The maximum atomic E-state index is 5.81. The van der Waals surface area contributed by atoms with Gasteiger partial charge in [-0.25, -0.2) is 0 Å². The Morgan fingerprint density at radius 1 is 1.19 bits per heavy atom.